The monoisotopic (exact) mass is 494 g/mol. The lowest BCUT2D eigenvalue weighted by atomic mass is 9.98. The molecule has 186 valence electrons. The molecule has 0 aromatic heterocycles. The second-order valence-electron chi connectivity index (χ2n) is 10.1. The first-order chi connectivity index (χ1) is 16.5. The number of nitrogens with zero attached hydrogens (tertiary/aromatic N) is 1. The Morgan fingerprint density at radius 1 is 1.03 bits per heavy atom. The van der Waals surface area contributed by atoms with Crippen molar-refractivity contribution in [1.82, 2.24) is 9.88 Å². The van der Waals surface area contributed by atoms with Crippen LogP contribution < -0.4 is 10.1 Å². The number of hydrogen-bond donors (Lipinski definition) is 1. The molecule has 2 amide bonds. The van der Waals surface area contributed by atoms with Gasteiger partial charge >= 0.3 is 5.97 Å². The van der Waals surface area contributed by atoms with E-state index in [1.807, 2.05) is 53.1 Å². The van der Waals surface area contributed by atoms with Crippen LogP contribution in [-0.2, 0) is 25.7 Å². The number of esters is 1. The predicted octanol–water partition coefficient (Wildman–Crippen LogP) is 4.07. The van der Waals surface area contributed by atoms with Gasteiger partial charge in [0.25, 0.3) is 5.91 Å². The topological polar surface area (TPSA) is 84.9 Å². The summed E-state index contributed by atoms with van der Waals surface area (Å²) in [5.41, 5.74) is 0.888. The number of β-lactam (4-membered cyclic amide) rings is 1. The Labute approximate surface area is 208 Å². The first-order valence-corrected chi connectivity index (χ1v) is 14.6. The van der Waals surface area contributed by atoms with E-state index in [0.29, 0.717) is 5.75 Å². The van der Waals surface area contributed by atoms with E-state index in [1.165, 1.54) is 6.08 Å². The fourth-order valence-corrected chi connectivity index (χ4v) is 6.09. The summed E-state index contributed by atoms with van der Waals surface area (Å²) in [6.45, 7) is 10.5. The molecule has 0 radical (unpaired) electrons. The summed E-state index contributed by atoms with van der Waals surface area (Å²) in [5, 5.41) is 2.68. The van der Waals surface area contributed by atoms with Crippen LogP contribution in [0, 0.1) is 0 Å². The van der Waals surface area contributed by atoms with Crippen LogP contribution in [0.5, 0.6) is 5.75 Å². The molecule has 1 N–H and O–H groups in total. The third kappa shape index (κ3) is 6.39. The molecule has 1 heterocycles. The number of para-hydroxylation sites is 1. The lowest BCUT2D eigenvalue weighted by Gasteiger charge is -2.57. The molecule has 35 heavy (non-hydrogen) atoms. The molecule has 2 aromatic rings. The quantitative estimate of drug-likeness (QED) is 0.246. The van der Waals surface area contributed by atoms with Crippen molar-refractivity contribution >= 4 is 26.0 Å². The Bertz CT molecular complexity index is 1060. The summed E-state index contributed by atoms with van der Waals surface area (Å²) in [7, 11) is -2.26. The van der Waals surface area contributed by atoms with Crippen molar-refractivity contribution in [2.45, 2.75) is 57.6 Å². The molecule has 7 nitrogen and oxygen atoms in total. The van der Waals surface area contributed by atoms with E-state index >= 15 is 0 Å². The number of amides is 2. The number of carbonyl (C=O) groups excluding carboxylic acids is 3. The van der Waals surface area contributed by atoms with Gasteiger partial charge in [-0.25, -0.2) is 4.79 Å². The molecule has 1 aliphatic rings. The SMILES string of the molecule is CC(C)(C)[Si](C)(C)N1C(=O)[C@@H](NC(=O)COc2ccccc2)[C@H]1C=CC(=O)OCc1ccccc1. The van der Waals surface area contributed by atoms with Gasteiger partial charge in [0, 0.05) is 6.08 Å². The minimum absolute atomic E-state index is 0.103. The first-order valence-electron chi connectivity index (χ1n) is 11.7. The average Bonchev–Trinajstić information content (AvgIpc) is 2.82. The Balaban J connectivity index is 1.68. The highest BCUT2D eigenvalue weighted by molar-refractivity contribution is 6.80. The molecule has 3 rings (SSSR count). The molecule has 1 aliphatic heterocycles. The number of hydrogen-bond acceptors (Lipinski definition) is 5. The molecular formula is C27H34N2O5Si. The zero-order chi connectivity index (χ0) is 25.6. The summed E-state index contributed by atoms with van der Waals surface area (Å²) < 4.78 is 12.7. The fourth-order valence-electron chi connectivity index (χ4n) is 3.70. The van der Waals surface area contributed by atoms with Crippen LogP contribution in [0.3, 0.4) is 0 Å². The van der Waals surface area contributed by atoms with Gasteiger partial charge in [0.2, 0.25) is 5.91 Å². The highest BCUT2D eigenvalue weighted by atomic mass is 28.3. The van der Waals surface area contributed by atoms with Crippen LogP contribution in [0.25, 0.3) is 0 Å². The summed E-state index contributed by atoms with van der Waals surface area (Å²) >= 11 is 0. The summed E-state index contributed by atoms with van der Waals surface area (Å²) in [6, 6.07) is 17.2. The molecule has 0 bridgehead atoms. The van der Waals surface area contributed by atoms with Crippen LogP contribution in [0.15, 0.2) is 72.8 Å². The van der Waals surface area contributed by atoms with Crippen molar-refractivity contribution in [2.75, 3.05) is 6.61 Å². The minimum Gasteiger partial charge on any atom is -0.484 e. The summed E-state index contributed by atoms with van der Waals surface area (Å²) in [4.78, 5) is 38.1. The largest absolute Gasteiger partial charge is 0.484 e. The van der Waals surface area contributed by atoms with E-state index < -0.39 is 32.2 Å². The van der Waals surface area contributed by atoms with Gasteiger partial charge in [-0.2, -0.15) is 0 Å². The number of benzene rings is 2. The minimum atomic E-state index is -2.26. The smallest absolute Gasteiger partial charge is 0.330 e. The molecule has 1 saturated heterocycles. The molecule has 0 saturated carbocycles. The Morgan fingerprint density at radius 2 is 1.63 bits per heavy atom. The van der Waals surface area contributed by atoms with Gasteiger partial charge in [-0.05, 0) is 22.7 Å². The van der Waals surface area contributed by atoms with Crippen molar-refractivity contribution in [3.05, 3.63) is 78.4 Å². The average molecular weight is 495 g/mol. The van der Waals surface area contributed by atoms with Gasteiger partial charge in [-0.15, -0.1) is 0 Å². The molecule has 0 spiro atoms. The molecule has 2 aromatic carbocycles. The van der Waals surface area contributed by atoms with Crippen LogP contribution >= 0.6 is 0 Å². The number of rotatable bonds is 9. The molecular weight excluding hydrogens is 460 g/mol. The second kappa shape index (κ2) is 10.9. The number of carbonyl (C=O) groups is 3. The van der Waals surface area contributed by atoms with Crippen molar-refractivity contribution in [3.8, 4) is 5.75 Å². The van der Waals surface area contributed by atoms with Crippen molar-refractivity contribution < 1.29 is 23.9 Å². The fraction of sp³-hybridized carbons (Fsp3) is 0.370. The molecule has 0 unspecified atom stereocenters. The first kappa shape index (κ1) is 26.2. The third-order valence-corrected chi connectivity index (χ3v) is 12.1. The Kier molecular flexibility index (Phi) is 8.17. The molecule has 2 atom stereocenters. The zero-order valence-electron chi connectivity index (χ0n) is 21.0. The van der Waals surface area contributed by atoms with Gasteiger partial charge in [-0.1, -0.05) is 88.5 Å². The lowest BCUT2D eigenvalue weighted by molar-refractivity contribution is -0.145. The maximum atomic E-state index is 13.2. The third-order valence-electron chi connectivity index (χ3n) is 6.66. The maximum Gasteiger partial charge on any atom is 0.330 e. The Hall–Kier alpha value is -3.39. The van der Waals surface area contributed by atoms with E-state index in [-0.39, 0.29) is 24.2 Å². The van der Waals surface area contributed by atoms with Crippen molar-refractivity contribution in [2.24, 2.45) is 0 Å². The summed E-state index contributed by atoms with van der Waals surface area (Å²) in [5.74, 6) is -0.465. The summed E-state index contributed by atoms with van der Waals surface area (Å²) in [6.07, 6.45) is 3.01. The van der Waals surface area contributed by atoms with Gasteiger partial charge < -0.3 is 19.4 Å². The highest BCUT2D eigenvalue weighted by Crippen LogP contribution is 2.43. The van der Waals surface area contributed by atoms with E-state index in [4.69, 9.17) is 9.47 Å². The highest BCUT2D eigenvalue weighted by Gasteiger charge is 2.56. The Morgan fingerprint density at radius 3 is 2.23 bits per heavy atom. The molecule has 8 heteroatoms. The standard InChI is InChI=1S/C27H34N2O5Si/c1-27(2,3)35(4,5)29-22(16-17-24(31)34-18-20-12-8-6-9-13-20)25(26(29)32)28-23(30)19-33-21-14-10-7-11-15-21/h6-17,22,25H,18-19H2,1-5H3,(H,28,30)/t22-,25+/m1/s1. The van der Waals surface area contributed by atoms with Crippen LogP contribution in [0.1, 0.15) is 26.3 Å². The molecule has 1 fully saturated rings. The van der Waals surface area contributed by atoms with Gasteiger partial charge in [0.05, 0.1) is 6.04 Å². The van der Waals surface area contributed by atoms with E-state index in [0.717, 1.165) is 5.56 Å². The van der Waals surface area contributed by atoms with Crippen LogP contribution in [-0.4, -0.2) is 49.3 Å². The second-order valence-corrected chi connectivity index (χ2v) is 15.2. The molecule has 0 aliphatic carbocycles. The van der Waals surface area contributed by atoms with Gasteiger partial charge in [-0.3, -0.25) is 9.59 Å². The van der Waals surface area contributed by atoms with Crippen LogP contribution in [0.4, 0.5) is 0 Å². The van der Waals surface area contributed by atoms with E-state index in [1.54, 1.807) is 18.2 Å². The zero-order valence-corrected chi connectivity index (χ0v) is 22.0. The number of ether oxygens (including phenoxy) is 2. The maximum absolute atomic E-state index is 13.2. The van der Waals surface area contributed by atoms with E-state index in [9.17, 15) is 14.4 Å². The van der Waals surface area contributed by atoms with Crippen molar-refractivity contribution in [3.63, 3.8) is 0 Å². The predicted molar refractivity (Wildman–Crippen MR) is 137 cm³/mol. The number of nitrogens with one attached hydrogen (secondary N) is 1. The normalized spacial score (nSPS) is 18.2. The van der Waals surface area contributed by atoms with E-state index in [2.05, 4.69) is 39.2 Å². The van der Waals surface area contributed by atoms with Gasteiger partial charge in [0.15, 0.2) is 14.8 Å². The van der Waals surface area contributed by atoms with Gasteiger partial charge in [0.1, 0.15) is 18.4 Å². The lowest BCUT2D eigenvalue weighted by Crippen LogP contribution is -2.78. The van der Waals surface area contributed by atoms with Crippen molar-refractivity contribution in [1.29, 1.82) is 0 Å². The van der Waals surface area contributed by atoms with Crippen LogP contribution in [0.2, 0.25) is 18.1 Å².